The molecule has 0 radical (unpaired) electrons. The Hall–Kier alpha value is -0.120. The lowest BCUT2D eigenvalue weighted by atomic mass is 9.85. The highest BCUT2D eigenvalue weighted by Gasteiger charge is 2.31. The van der Waals surface area contributed by atoms with Crippen LogP contribution in [0.5, 0.6) is 0 Å². The molecule has 0 amide bonds. The van der Waals surface area contributed by atoms with Gasteiger partial charge in [0.05, 0.1) is 6.61 Å². The average Bonchev–Trinajstić information content (AvgIpc) is 2.26. The van der Waals surface area contributed by atoms with Gasteiger partial charge in [-0.05, 0) is 46.2 Å². The van der Waals surface area contributed by atoms with E-state index in [1.807, 2.05) is 0 Å². The van der Waals surface area contributed by atoms with Crippen molar-refractivity contribution >= 4 is 0 Å². The molecule has 0 aliphatic carbocycles. The monoisotopic (exact) mass is 258 g/mol. The maximum atomic E-state index is 9.56. The molecular formula is C15H34N2O. The van der Waals surface area contributed by atoms with E-state index in [-0.39, 0.29) is 17.6 Å². The molecule has 0 saturated carbocycles. The summed E-state index contributed by atoms with van der Waals surface area (Å²) in [5, 5.41) is 13.0. The molecule has 0 rings (SSSR count). The Kier molecular flexibility index (Phi) is 6.83. The zero-order valence-electron chi connectivity index (χ0n) is 13.7. The van der Waals surface area contributed by atoms with E-state index in [1.165, 1.54) is 0 Å². The molecule has 0 heterocycles. The predicted octanol–water partition coefficient (Wildman–Crippen LogP) is 2.49. The lowest BCUT2D eigenvalue weighted by Gasteiger charge is -2.42. The Morgan fingerprint density at radius 1 is 1.17 bits per heavy atom. The Labute approximate surface area is 114 Å². The van der Waals surface area contributed by atoms with Crippen LogP contribution in [-0.2, 0) is 0 Å². The Balaban J connectivity index is 4.60. The summed E-state index contributed by atoms with van der Waals surface area (Å²) in [5.74, 6) is 0. The molecule has 3 atom stereocenters. The first kappa shape index (κ1) is 17.9. The minimum atomic E-state index is -0.181. The second-order valence-corrected chi connectivity index (χ2v) is 7.01. The van der Waals surface area contributed by atoms with Gasteiger partial charge in [-0.2, -0.15) is 0 Å². The van der Waals surface area contributed by atoms with Crippen molar-refractivity contribution in [1.29, 1.82) is 0 Å². The number of hydrogen-bond donors (Lipinski definition) is 2. The molecule has 2 N–H and O–H groups in total. The van der Waals surface area contributed by atoms with Gasteiger partial charge in [0.15, 0.2) is 0 Å². The van der Waals surface area contributed by atoms with Crippen molar-refractivity contribution in [3.8, 4) is 0 Å². The fourth-order valence-corrected chi connectivity index (χ4v) is 2.41. The first-order valence-corrected chi connectivity index (χ1v) is 7.15. The van der Waals surface area contributed by atoms with E-state index >= 15 is 0 Å². The number of nitrogens with zero attached hydrogens (tertiary/aromatic N) is 1. The van der Waals surface area contributed by atoms with Gasteiger partial charge in [0.1, 0.15) is 0 Å². The molecule has 0 saturated heterocycles. The van der Waals surface area contributed by atoms with Crippen molar-refractivity contribution in [1.82, 2.24) is 10.2 Å². The van der Waals surface area contributed by atoms with Crippen LogP contribution in [-0.4, -0.2) is 47.8 Å². The van der Waals surface area contributed by atoms with Gasteiger partial charge in [0.25, 0.3) is 0 Å². The third-order valence-corrected chi connectivity index (χ3v) is 4.26. The van der Waals surface area contributed by atoms with Gasteiger partial charge in [-0.15, -0.1) is 0 Å². The number of hydrogen-bond acceptors (Lipinski definition) is 3. The Morgan fingerprint density at radius 2 is 1.67 bits per heavy atom. The molecule has 0 aliphatic rings. The van der Waals surface area contributed by atoms with Gasteiger partial charge in [-0.25, -0.2) is 0 Å². The van der Waals surface area contributed by atoms with E-state index in [0.29, 0.717) is 12.1 Å². The van der Waals surface area contributed by atoms with Crippen molar-refractivity contribution in [2.24, 2.45) is 5.41 Å². The smallest absolute Gasteiger partial charge is 0.0611 e. The van der Waals surface area contributed by atoms with Crippen LogP contribution in [0, 0.1) is 5.41 Å². The first-order valence-electron chi connectivity index (χ1n) is 7.15. The molecule has 3 heteroatoms. The fraction of sp³-hybridized carbons (Fsp3) is 1.00. The van der Waals surface area contributed by atoms with Gasteiger partial charge >= 0.3 is 0 Å². The van der Waals surface area contributed by atoms with Crippen LogP contribution >= 0.6 is 0 Å². The normalized spacial score (nSPS) is 19.7. The molecule has 0 aromatic heterocycles. The van der Waals surface area contributed by atoms with Gasteiger partial charge in [0, 0.05) is 17.6 Å². The van der Waals surface area contributed by atoms with E-state index in [2.05, 4.69) is 65.7 Å². The molecule has 110 valence electrons. The second kappa shape index (κ2) is 6.88. The summed E-state index contributed by atoms with van der Waals surface area (Å²) in [6.07, 6.45) is 0.953. The first-order chi connectivity index (χ1) is 8.07. The summed E-state index contributed by atoms with van der Waals surface area (Å²) < 4.78 is 0. The molecular weight excluding hydrogens is 224 g/mol. The van der Waals surface area contributed by atoms with Crippen molar-refractivity contribution in [2.75, 3.05) is 20.2 Å². The molecule has 3 unspecified atom stereocenters. The average molecular weight is 258 g/mol. The highest BCUT2D eigenvalue weighted by atomic mass is 16.3. The van der Waals surface area contributed by atoms with Gasteiger partial charge in [-0.1, -0.05) is 27.7 Å². The van der Waals surface area contributed by atoms with Crippen LogP contribution in [0.15, 0.2) is 0 Å². The molecule has 0 aromatic carbocycles. The minimum Gasteiger partial charge on any atom is -0.394 e. The molecule has 18 heavy (non-hydrogen) atoms. The lowest BCUT2D eigenvalue weighted by Crippen LogP contribution is -2.52. The third kappa shape index (κ3) is 5.25. The number of likely N-dealkylation sites (N-methyl/N-ethyl adjacent to an activating group) is 1. The summed E-state index contributed by atoms with van der Waals surface area (Å²) in [6, 6.07) is 0.951. The largest absolute Gasteiger partial charge is 0.394 e. The molecule has 0 bridgehead atoms. The topological polar surface area (TPSA) is 35.5 Å². The highest BCUT2D eigenvalue weighted by Crippen LogP contribution is 2.26. The van der Waals surface area contributed by atoms with Crippen molar-refractivity contribution < 1.29 is 5.11 Å². The zero-order chi connectivity index (χ0) is 14.6. The molecule has 0 aromatic rings. The number of nitrogens with one attached hydrogen (secondary N) is 1. The predicted molar refractivity (Wildman–Crippen MR) is 79.9 cm³/mol. The Bertz CT molecular complexity index is 237. The van der Waals surface area contributed by atoms with Crippen LogP contribution in [0.4, 0.5) is 0 Å². The van der Waals surface area contributed by atoms with Crippen molar-refractivity contribution in [2.45, 2.75) is 72.5 Å². The van der Waals surface area contributed by atoms with E-state index in [1.54, 1.807) is 0 Å². The molecule has 0 spiro atoms. The van der Waals surface area contributed by atoms with Crippen molar-refractivity contribution in [3.05, 3.63) is 0 Å². The van der Waals surface area contributed by atoms with E-state index in [4.69, 9.17) is 0 Å². The standard InChI is InChI=1S/C15H34N2O/c1-9-16-15(7,11-18)10-12(2)17(8)13(3)14(4,5)6/h12-13,16,18H,9-11H2,1-8H3. The quantitative estimate of drug-likeness (QED) is 0.736. The van der Waals surface area contributed by atoms with Gasteiger partial charge in [-0.3, -0.25) is 0 Å². The van der Waals surface area contributed by atoms with E-state index in [9.17, 15) is 5.11 Å². The lowest BCUT2D eigenvalue weighted by molar-refractivity contribution is 0.0706. The summed E-state index contributed by atoms with van der Waals surface area (Å²) in [4.78, 5) is 2.42. The van der Waals surface area contributed by atoms with Crippen LogP contribution in [0.3, 0.4) is 0 Å². The maximum absolute atomic E-state index is 9.56. The summed E-state index contributed by atoms with van der Waals surface area (Å²) in [7, 11) is 2.18. The van der Waals surface area contributed by atoms with Crippen LogP contribution in [0.1, 0.15) is 54.9 Å². The van der Waals surface area contributed by atoms with Crippen LogP contribution < -0.4 is 5.32 Å². The van der Waals surface area contributed by atoms with Crippen LogP contribution in [0.2, 0.25) is 0 Å². The summed E-state index contributed by atoms with van der Waals surface area (Å²) in [6.45, 7) is 16.6. The van der Waals surface area contributed by atoms with Gasteiger partial charge in [0.2, 0.25) is 0 Å². The highest BCUT2D eigenvalue weighted by molar-refractivity contribution is 4.89. The molecule has 0 aliphatic heterocycles. The maximum Gasteiger partial charge on any atom is 0.0611 e. The molecule has 0 fully saturated rings. The molecule has 3 nitrogen and oxygen atoms in total. The summed E-state index contributed by atoms with van der Waals surface area (Å²) >= 11 is 0. The minimum absolute atomic E-state index is 0.181. The number of aliphatic hydroxyl groups is 1. The van der Waals surface area contributed by atoms with E-state index < -0.39 is 0 Å². The second-order valence-electron chi connectivity index (χ2n) is 7.01. The fourth-order valence-electron chi connectivity index (χ4n) is 2.41. The van der Waals surface area contributed by atoms with Gasteiger partial charge < -0.3 is 15.3 Å². The van der Waals surface area contributed by atoms with Crippen LogP contribution in [0.25, 0.3) is 0 Å². The zero-order valence-corrected chi connectivity index (χ0v) is 13.7. The van der Waals surface area contributed by atoms with E-state index in [0.717, 1.165) is 13.0 Å². The number of aliphatic hydroxyl groups excluding tert-OH is 1. The van der Waals surface area contributed by atoms with Crippen molar-refractivity contribution in [3.63, 3.8) is 0 Å². The summed E-state index contributed by atoms with van der Waals surface area (Å²) in [5.41, 5.74) is 0.0941. The SMILES string of the molecule is CCNC(C)(CO)CC(C)N(C)C(C)C(C)(C)C. The third-order valence-electron chi connectivity index (χ3n) is 4.26. The number of rotatable bonds is 7. The Morgan fingerprint density at radius 3 is 2.00 bits per heavy atom.